The molecule has 0 heterocycles. The van der Waals surface area contributed by atoms with Gasteiger partial charge in [0.25, 0.3) is 10.0 Å². The van der Waals surface area contributed by atoms with Crippen molar-refractivity contribution in [3.8, 4) is 0 Å². The fraction of sp³-hybridized carbons (Fsp3) is 0.389. The Morgan fingerprint density at radius 3 is 2.58 bits per heavy atom. The van der Waals surface area contributed by atoms with Gasteiger partial charge in [0, 0.05) is 6.54 Å². The summed E-state index contributed by atoms with van der Waals surface area (Å²) in [5.74, 6) is 1.56. The Bertz CT molecular complexity index is 769. The average Bonchev–Trinajstić information content (AvgIpc) is 3.15. The Labute approximate surface area is 142 Å². The molecular formula is C18H22N2O3S. The van der Waals surface area contributed by atoms with Crippen molar-refractivity contribution in [2.24, 2.45) is 17.8 Å². The normalized spacial score (nSPS) is 25.7. The molecule has 3 unspecified atom stereocenters. The highest BCUT2D eigenvalue weighted by Crippen LogP contribution is 2.42. The van der Waals surface area contributed by atoms with E-state index in [-0.39, 0.29) is 0 Å². The second kappa shape index (κ2) is 6.81. The molecule has 2 N–H and O–H groups in total. The first-order valence-corrected chi connectivity index (χ1v) is 9.70. The molecule has 3 atom stereocenters. The fourth-order valence-corrected chi connectivity index (χ4v) is 4.54. The lowest BCUT2D eigenvalue weighted by molar-refractivity contribution is 0.243. The summed E-state index contributed by atoms with van der Waals surface area (Å²) >= 11 is 0. The van der Waals surface area contributed by atoms with E-state index in [4.69, 9.17) is 0 Å². The third-order valence-electron chi connectivity index (χ3n) is 4.74. The van der Waals surface area contributed by atoms with E-state index < -0.39 is 16.1 Å². The van der Waals surface area contributed by atoms with Crippen LogP contribution in [-0.4, -0.2) is 21.0 Å². The van der Waals surface area contributed by atoms with Gasteiger partial charge in [-0.2, -0.15) is 0 Å². The van der Waals surface area contributed by atoms with Gasteiger partial charge in [0.05, 0.1) is 5.41 Å². The number of rotatable bonds is 5. The highest BCUT2D eigenvalue weighted by atomic mass is 32.2. The molecule has 0 radical (unpaired) electrons. The third kappa shape index (κ3) is 4.06. The minimum atomic E-state index is -3.82. The molecular weight excluding hydrogens is 324 g/mol. The van der Waals surface area contributed by atoms with Gasteiger partial charge in [0.2, 0.25) is 0 Å². The minimum Gasteiger partial charge on any atom is -0.337 e. The summed E-state index contributed by atoms with van der Waals surface area (Å²) in [5.41, 5.74) is 1.38. The summed E-state index contributed by atoms with van der Waals surface area (Å²) in [6.45, 7) is 2.21. The lowest BCUT2D eigenvalue weighted by atomic mass is 9.94. The predicted molar refractivity (Wildman–Crippen MR) is 94.4 cm³/mol. The first kappa shape index (κ1) is 16.8. The molecule has 1 saturated carbocycles. The highest BCUT2D eigenvalue weighted by molar-refractivity contribution is 7.93. The largest absolute Gasteiger partial charge is 0.337 e. The van der Waals surface area contributed by atoms with Crippen LogP contribution in [0.1, 0.15) is 25.3 Å². The van der Waals surface area contributed by atoms with Crippen LogP contribution >= 0.6 is 0 Å². The second-order valence-electron chi connectivity index (χ2n) is 6.56. The molecule has 1 aromatic rings. The number of urea groups is 1. The molecule has 2 aliphatic carbocycles. The number of carbonyl (C=O) groups excluding carboxylic acids is 1. The molecule has 5 nitrogen and oxygen atoms in total. The van der Waals surface area contributed by atoms with Gasteiger partial charge >= 0.3 is 6.03 Å². The molecule has 2 amide bonds. The van der Waals surface area contributed by atoms with Gasteiger partial charge in [-0.15, -0.1) is 0 Å². The minimum absolute atomic E-state index is 0.412. The molecule has 0 saturated heterocycles. The van der Waals surface area contributed by atoms with E-state index in [1.807, 2.05) is 30.3 Å². The summed E-state index contributed by atoms with van der Waals surface area (Å²) in [6, 6.07) is 8.52. The molecule has 2 aliphatic rings. The number of carbonyl (C=O) groups is 1. The number of allylic oxidation sites excluding steroid dienone is 3. The molecule has 0 aliphatic heterocycles. The van der Waals surface area contributed by atoms with Crippen molar-refractivity contribution < 1.29 is 13.2 Å². The van der Waals surface area contributed by atoms with Crippen molar-refractivity contribution in [1.82, 2.24) is 10.0 Å². The lowest BCUT2D eigenvalue weighted by Gasteiger charge is -2.18. The van der Waals surface area contributed by atoms with E-state index >= 15 is 0 Å². The molecule has 128 valence electrons. The van der Waals surface area contributed by atoms with Crippen molar-refractivity contribution in [1.29, 1.82) is 0 Å². The zero-order valence-electron chi connectivity index (χ0n) is 13.6. The van der Waals surface area contributed by atoms with E-state index in [0.29, 0.717) is 29.9 Å². The Hall–Kier alpha value is -2.08. The second-order valence-corrected chi connectivity index (χ2v) is 8.09. The topological polar surface area (TPSA) is 75.3 Å². The summed E-state index contributed by atoms with van der Waals surface area (Å²) in [6.07, 6.45) is 6.68. The first-order valence-electron chi connectivity index (χ1n) is 8.15. The smallest absolute Gasteiger partial charge is 0.328 e. The maximum atomic E-state index is 12.1. The number of amides is 2. The predicted octanol–water partition coefficient (Wildman–Crippen LogP) is 2.89. The van der Waals surface area contributed by atoms with Crippen LogP contribution in [-0.2, 0) is 10.0 Å². The van der Waals surface area contributed by atoms with Crippen LogP contribution in [0.2, 0.25) is 0 Å². The Morgan fingerprint density at radius 1 is 1.21 bits per heavy atom. The Balaban J connectivity index is 1.54. The SMILES string of the molecule is C/C(=C\S(=O)(=O)NC(=O)NCC1CC2C=CC1C2)c1ccccc1. The van der Waals surface area contributed by atoms with Gasteiger partial charge in [-0.05, 0) is 48.7 Å². The summed E-state index contributed by atoms with van der Waals surface area (Å²) in [7, 11) is -3.82. The van der Waals surface area contributed by atoms with Crippen LogP contribution in [0.5, 0.6) is 0 Å². The fourth-order valence-electron chi connectivity index (χ4n) is 3.55. The maximum absolute atomic E-state index is 12.1. The maximum Gasteiger partial charge on any atom is 0.328 e. The van der Waals surface area contributed by atoms with Crippen molar-refractivity contribution >= 4 is 21.6 Å². The van der Waals surface area contributed by atoms with Crippen LogP contribution < -0.4 is 10.0 Å². The standard InChI is InChI=1S/C18H22N2O3S/c1-13(15-5-3-2-4-6-15)12-24(22,23)20-18(21)19-11-17-10-14-7-8-16(17)9-14/h2-8,12,14,16-17H,9-11H2,1H3,(H2,19,20,21)/b13-12+. The summed E-state index contributed by atoms with van der Waals surface area (Å²) in [4.78, 5) is 11.9. The van der Waals surface area contributed by atoms with E-state index in [2.05, 4.69) is 22.2 Å². The average molecular weight is 346 g/mol. The number of hydrogen-bond donors (Lipinski definition) is 2. The number of benzene rings is 1. The van der Waals surface area contributed by atoms with E-state index in [9.17, 15) is 13.2 Å². The molecule has 3 rings (SSSR count). The molecule has 24 heavy (non-hydrogen) atoms. The first-order chi connectivity index (χ1) is 11.4. The van der Waals surface area contributed by atoms with Gasteiger partial charge in [-0.25, -0.2) is 17.9 Å². The van der Waals surface area contributed by atoms with Gasteiger partial charge in [-0.3, -0.25) is 0 Å². The van der Waals surface area contributed by atoms with Gasteiger partial charge < -0.3 is 5.32 Å². The van der Waals surface area contributed by atoms with Gasteiger partial charge in [0.1, 0.15) is 0 Å². The molecule has 1 fully saturated rings. The Kier molecular flexibility index (Phi) is 4.76. The quantitative estimate of drug-likeness (QED) is 0.805. The molecule has 1 aromatic carbocycles. The molecule has 6 heteroatoms. The summed E-state index contributed by atoms with van der Waals surface area (Å²) < 4.78 is 26.2. The molecule has 0 spiro atoms. The van der Waals surface area contributed by atoms with Crippen LogP contribution in [0.4, 0.5) is 4.79 Å². The van der Waals surface area contributed by atoms with Gasteiger partial charge in [0.15, 0.2) is 0 Å². The van der Waals surface area contributed by atoms with Crippen LogP contribution in [0.3, 0.4) is 0 Å². The van der Waals surface area contributed by atoms with E-state index in [1.165, 1.54) is 0 Å². The van der Waals surface area contributed by atoms with Gasteiger partial charge in [-0.1, -0.05) is 42.5 Å². The zero-order chi connectivity index (χ0) is 17.2. The van der Waals surface area contributed by atoms with Crippen molar-refractivity contribution in [3.05, 3.63) is 53.5 Å². The number of hydrogen-bond acceptors (Lipinski definition) is 3. The Morgan fingerprint density at radius 2 is 1.96 bits per heavy atom. The van der Waals surface area contributed by atoms with Crippen LogP contribution in [0.15, 0.2) is 47.9 Å². The molecule has 0 aromatic heterocycles. The van der Waals surface area contributed by atoms with Crippen molar-refractivity contribution in [3.63, 3.8) is 0 Å². The monoisotopic (exact) mass is 346 g/mol. The third-order valence-corrected chi connectivity index (χ3v) is 5.87. The zero-order valence-corrected chi connectivity index (χ0v) is 14.4. The molecule has 2 bridgehead atoms. The number of fused-ring (bicyclic) bond motifs is 2. The summed E-state index contributed by atoms with van der Waals surface area (Å²) in [5, 5.41) is 3.77. The van der Waals surface area contributed by atoms with E-state index in [1.54, 1.807) is 6.92 Å². The van der Waals surface area contributed by atoms with Crippen molar-refractivity contribution in [2.45, 2.75) is 19.8 Å². The lowest BCUT2D eigenvalue weighted by Crippen LogP contribution is -2.41. The van der Waals surface area contributed by atoms with Crippen molar-refractivity contribution in [2.75, 3.05) is 6.54 Å². The number of sulfonamides is 1. The van der Waals surface area contributed by atoms with E-state index in [0.717, 1.165) is 23.8 Å². The van der Waals surface area contributed by atoms with Crippen LogP contribution in [0.25, 0.3) is 5.57 Å². The highest BCUT2D eigenvalue weighted by Gasteiger charge is 2.35. The number of nitrogens with one attached hydrogen (secondary N) is 2. The van der Waals surface area contributed by atoms with Crippen LogP contribution in [0, 0.1) is 17.8 Å².